The van der Waals surface area contributed by atoms with Crippen LogP contribution in [0.25, 0.3) is 5.69 Å². The molecule has 0 radical (unpaired) electrons. The molecule has 1 aliphatic rings. The number of halogens is 1. The minimum absolute atomic E-state index is 0.324. The third-order valence-corrected chi connectivity index (χ3v) is 5.51. The van der Waals surface area contributed by atoms with E-state index in [1.807, 2.05) is 0 Å². The van der Waals surface area contributed by atoms with Gasteiger partial charge in [0.05, 0.1) is 30.0 Å². The number of carbonyl (C=O) groups is 1. The summed E-state index contributed by atoms with van der Waals surface area (Å²) >= 11 is 0. The van der Waals surface area contributed by atoms with Crippen molar-refractivity contribution >= 4 is 22.5 Å². The lowest BCUT2D eigenvalue weighted by atomic mass is 10.2. The predicted molar refractivity (Wildman–Crippen MR) is 100 cm³/mol. The summed E-state index contributed by atoms with van der Waals surface area (Å²) in [5.74, 6) is 0.992. The highest BCUT2D eigenvalue weighted by atomic mass is 32.2. The van der Waals surface area contributed by atoms with Crippen LogP contribution < -0.4 is 10.1 Å². The molecule has 8 heteroatoms. The molecule has 138 valence electrons. The van der Waals surface area contributed by atoms with E-state index in [0.717, 1.165) is 5.56 Å². The number of nitrogens with zero attached hydrogens (tertiary/aromatic N) is 2. The Morgan fingerprint density at radius 1 is 1.22 bits per heavy atom. The number of hydrogen-bond acceptors (Lipinski definition) is 4. The van der Waals surface area contributed by atoms with E-state index in [-0.39, 0.29) is 11.7 Å². The van der Waals surface area contributed by atoms with Crippen LogP contribution in [0.5, 0.6) is 5.75 Å². The van der Waals surface area contributed by atoms with Crippen LogP contribution in [0.2, 0.25) is 0 Å². The van der Waals surface area contributed by atoms with Gasteiger partial charge in [-0.3, -0.25) is 9.00 Å². The summed E-state index contributed by atoms with van der Waals surface area (Å²) in [7, 11) is 0.492. The quantitative estimate of drug-likeness (QED) is 0.749. The first-order valence-corrected chi connectivity index (χ1v) is 9.71. The number of anilines is 1. The maximum absolute atomic E-state index is 13.3. The minimum Gasteiger partial charge on any atom is -0.497 e. The van der Waals surface area contributed by atoms with E-state index in [1.165, 1.54) is 19.2 Å². The molecule has 0 aliphatic carbocycles. The van der Waals surface area contributed by atoms with Crippen molar-refractivity contribution in [2.24, 2.45) is 0 Å². The summed E-state index contributed by atoms with van der Waals surface area (Å²) in [5, 5.41) is 7.35. The SMILES string of the molecule is COc1cccc(C(=O)Nc2c3c(nn2-c2ccc(F)cc2)CS(=O)C3)c1. The number of hydrogen-bond donors (Lipinski definition) is 1. The van der Waals surface area contributed by atoms with Gasteiger partial charge < -0.3 is 10.1 Å². The van der Waals surface area contributed by atoms with E-state index in [9.17, 15) is 13.4 Å². The molecule has 2 aromatic carbocycles. The third kappa shape index (κ3) is 3.35. The Bertz CT molecular complexity index is 1050. The molecule has 0 bridgehead atoms. The number of carbonyl (C=O) groups excluding carboxylic acids is 1. The third-order valence-electron chi connectivity index (χ3n) is 4.30. The highest BCUT2D eigenvalue weighted by molar-refractivity contribution is 7.83. The monoisotopic (exact) mass is 385 g/mol. The van der Waals surface area contributed by atoms with E-state index in [0.29, 0.717) is 40.0 Å². The molecule has 6 nitrogen and oxygen atoms in total. The summed E-state index contributed by atoms with van der Waals surface area (Å²) in [4.78, 5) is 12.8. The highest BCUT2D eigenvalue weighted by Gasteiger charge is 2.28. The van der Waals surface area contributed by atoms with Gasteiger partial charge in [-0.1, -0.05) is 6.07 Å². The number of rotatable bonds is 4. The van der Waals surface area contributed by atoms with Gasteiger partial charge in [-0.15, -0.1) is 0 Å². The van der Waals surface area contributed by atoms with Crippen molar-refractivity contribution in [3.63, 3.8) is 0 Å². The Morgan fingerprint density at radius 2 is 2.00 bits per heavy atom. The molecular weight excluding hydrogens is 369 g/mol. The number of aromatic nitrogens is 2. The lowest BCUT2D eigenvalue weighted by molar-refractivity contribution is 0.102. The molecular formula is C19H16FN3O3S. The lowest BCUT2D eigenvalue weighted by Crippen LogP contribution is -2.16. The summed E-state index contributed by atoms with van der Waals surface area (Å²) in [6.07, 6.45) is 0. The van der Waals surface area contributed by atoms with Crippen molar-refractivity contribution in [2.45, 2.75) is 11.5 Å². The lowest BCUT2D eigenvalue weighted by Gasteiger charge is -2.11. The number of amides is 1. The molecule has 0 saturated carbocycles. The maximum Gasteiger partial charge on any atom is 0.256 e. The predicted octanol–water partition coefficient (Wildman–Crippen LogP) is 3.03. The van der Waals surface area contributed by atoms with Crippen molar-refractivity contribution in [1.29, 1.82) is 0 Å². The number of methoxy groups -OCH3 is 1. The van der Waals surface area contributed by atoms with Crippen LogP contribution in [-0.4, -0.2) is 27.0 Å². The number of nitrogens with one attached hydrogen (secondary N) is 1. The fourth-order valence-electron chi connectivity index (χ4n) is 2.97. The second kappa shape index (κ2) is 6.96. The largest absolute Gasteiger partial charge is 0.497 e. The van der Waals surface area contributed by atoms with Crippen molar-refractivity contribution in [2.75, 3.05) is 12.4 Å². The Balaban J connectivity index is 1.73. The molecule has 1 N–H and O–H groups in total. The molecule has 1 aromatic heterocycles. The fraction of sp³-hybridized carbons (Fsp3) is 0.158. The van der Waals surface area contributed by atoms with E-state index in [4.69, 9.17) is 4.74 Å². The van der Waals surface area contributed by atoms with Crippen LogP contribution >= 0.6 is 0 Å². The number of ether oxygens (including phenoxy) is 1. The topological polar surface area (TPSA) is 73.2 Å². The van der Waals surface area contributed by atoms with E-state index in [1.54, 1.807) is 41.1 Å². The zero-order chi connectivity index (χ0) is 19.0. The molecule has 1 amide bonds. The van der Waals surface area contributed by atoms with E-state index in [2.05, 4.69) is 10.4 Å². The van der Waals surface area contributed by atoms with Gasteiger partial charge in [0.1, 0.15) is 17.4 Å². The molecule has 3 aromatic rings. The van der Waals surface area contributed by atoms with Gasteiger partial charge in [0, 0.05) is 21.9 Å². The van der Waals surface area contributed by atoms with Crippen LogP contribution in [0.4, 0.5) is 10.2 Å². The van der Waals surface area contributed by atoms with Gasteiger partial charge in [0.2, 0.25) is 0 Å². The van der Waals surface area contributed by atoms with Gasteiger partial charge in [0.15, 0.2) is 0 Å². The maximum atomic E-state index is 13.3. The van der Waals surface area contributed by atoms with Gasteiger partial charge in [-0.2, -0.15) is 5.10 Å². The average Bonchev–Trinajstić information content (AvgIpc) is 3.19. The summed E-state index contributed by atoms with van der Waals surface area (Å²) in [6, 6.07) is 12.6. The van der Waals surface area contributed by atoms with Crippen molar-refractivity contribution in [3.05, 3.63) is 71.2 Å². The van der Waals surface area contributed by atoms with Gasteiger partial charge in [0.25, 0.3) is 5.91 Å². The van der Waals surface area contributed by atoms with E-state index >= 15 is 0 Å². The van der Waals surface area contributed by atoms with Gasteiger partial charge >= 0.3 is 0 Å². The summed E-state index contributed by atoms with van der Waals surface area (Å²) in [5.41, 5.74) is 2.46. The number of benzene rings is 2. The van der Waals surface area contributed by atoms with Crippen LogP contribution in [0.1, 0.15) is 21.6 Å². The molecule has 0 fully saturated rings. The summed E-state index contributed by atoms with van der Waals surface area (Å²) < 4.78 is 31.9. The zero-order valence-electron chi connectivity index (χ0n) is 14.4. The van der Waals surface area contributed by atoms with Crippen LogP contribution in [0.3, 0.4) is 0 Å². The molecule has 1 unspecified atom stereocenters. The first kappa shape index (κ1) is 17.4. The Morgan fingerprint density at radius 3 is 2.74 bits per heavy atom. The molecule has 1 aliphatic heterocycles. The molecule has 27 heavy (non-hydrogen) atoms. The molecule has 2 heterocycles. The molecule has 1 atom stereocenters. The minimum atomic E-state index is -1.04. The van der Waals surface area contributed by atoms with Crippen molar-refractivity contribution < 1.29 is 18.1 Å². The van der Waals surface area contributed by atoms with Crippen molar-refractivity contribution in [3.8, 4) is 11.4 Å². The smallest absolute Gasteiger partial charge is 0.256 e. The first-order valence-electron chi connectivity index (χ1n) is 8.22. The zero-order valence-corrected chi connectivity index (χ0v) is 15.3. The van der Waals surface area contributed by atoms with E-state index < -0.39 is 10.8 Å². The Kier molecular flexibility index (Phi) is 4.49. The van der Waals surface area contributed by atoms with Crippen LogP contribution in [-0.2, 0) is 22.3 Å². The Hall–Kier alpha value is -3.00. The average molecular weight is 385 g/mol. The van der Waals surface area contributed by atoms with Crippen molar-refractivity contribution in [1.82, 2.24) is 9.78 Å². The molecule has 0 saturated heterocycles. The standard InChI is InChI=1S/C19H16FN3O3S/c1-26-15-4-2-3-12(9-15)19(24)21-18-16-10-27(25)11-17(16)22-23(18)14-7-5-13(20)6-8-14/h2-9H,10-11H2,1H3,(H,21,24). The Labute approximate surface area is 157 Å². The van der Waals surface area contributed by atoms with Gasteiger partial charge in [-0.05, 0) is 42.5 Å². The highest BCUT2D eigenvalue weighted by Crippen LogP contribution is 2.31. The van der Waals surface area contributed by atoms with Crippen LogP contribution in [0.15, 0.2) is 48.5 Å². The van der Waals surface area contributed by atoms with Crippen LogP contribution in [0, 0.1) is 5.82 Å². The second-order valence-corrected chi connectivity index (χ2v) is 7.53. The normalized spacial score (nSPS) is 15.4. The fourth-order valence-corrected chi connectivity index (χ4v) is 4.23. The number of fused-ring (bicyclic) bond motifs is 1. The summed E-state index contributed by atoms with van der Waals surface area (Å²) in [6.45, 7) is 0. The second-order valence-electron chi connectivity index (χ2n) is 6.08. The molecule has 4 rings (SSSR count). The van der Waals surface area contributed by atoms with Gasteiger partial charge in [-0.25, -0.2) is 9.07 Å². The first-order chi connectivity index (χ1) is 13.0. The molecule has 0 spiro atoms.